The molecule has 1 N–H and O–H groups in total. The van der Waals surface area contributed by atoms with Crippen molar-refractivity contribution in [1.82, 2.24) is 5.32 Å². The first kappa shape index (κ1) is 17.9. The number of nitrogens with zero attached hydrogens (tertiary/aromatic N) is 1. The zero-order chi connectivity index (χ0) is 18.8. The SMILES string of the molecule is CSc1ccc(/C=C2\C(=O)NC(=O)N(c3ccc(C)c(C)c3)C2=O)cc1. The summed E-state index contributed by atoms with van der Waals surface area (Å²) in [6, 6.07) is 12.0. The van der Waals surface area contributed by atoms with E-state index in [0.717, 1.165) is 26.5 Å². The fourth-order valence-electron chi connectivity index (χ4n) is 2.62. The number of thioether (sulfide) groups is 1. The molecule has 26 heavy (non-hydrogen) atoms. The first-order valence-electron chi connectivity index (χ1n) is 8.03. The molecule has 0 unspecified atom stereocenters. The van der Waals surface area contributed by atoms with Crippen molar-refractivity contribution in [3.8, 4) is 0 Å². The van der Waals surface area contributed by atoms with E-state index in [1.807, 2.05) is 50.4 Å². The largest absolute Gasteiger partial charge is 0.335 e. The first-order chi connectivity index (χ1) is 12.4. The second-order valence-electron chi connectivity index (χ2n) is 6.00. The Hall–Kier alpha value is -2.86. The molecule has 6 heteroatoms. The second kappa shape index (κ2) is 7.17. The highest BCUT2D eigenvalue weighted by atomic mass is 32.2. The van der Waals surface area contributed by atoms with E-state index in [4.69, 9.17) is 0 Å². The predicted molar refractivity (Wildman–Crippen MR) is 103 cm³/mol. The van der Waals surface area contributed by atoms with E-state index in [-0.39, 0.29) is 5.57 Å². The molecular weight excluding hydrogens is 348 g/mol. The fourth-order valence-corrected chi connectivity index (χ4v) is 3.03. The standard InChI is InChI=1S/C20H18N2O3S/c1-12-4-7-15(10-13(12)2)22-19(24)17(18(23)21-20(22)25)11-14-5-8-16(26-3)9-6-14/h4-11H,1-3H3,(H,21,23,25)/b17-11+. The van der Waals surface area contributed by atoms with Crippen LogP contribution in [0, 0.1) is 13.8 Å². The van der Waals surface area contributed by atoms with Crippen molar-refractivity contribution in [2.75, 3.05) is 11.2 Å². The summed E-state index contributed by atoms with van der Waals surface area (Å²) in [6.07, 6.45) is 3.47. The van der Waals surface area contributed by atoms with Crippen molar-refractivity contribution in [2.24, 2.45) is 0 Å². The second-order valence-corrected chi connectivity index (χ2v) is 6.88. The van der Waals surface area contributed by atoms with Crippen LogP contribution in [0.3, 0.4) is 0 Å². The number of imide groups is 2. The summed E-state index contributed by atoms with van der Waals surface area (Å²) in [7, 11) is 0. The van der Waals surface area contributed by atoms with Crippen LogP contribution in [0.4, 0.5) is 10.5 Å². The Morgan fingerprint density at radius 3 is 2.27 bits per heavy atom. The summed E-state index contributed by atoms with van der Waals surface area (Å²) < 4.78 is 0. The average molecular weight is 366 g/mol. The van der Waals surface area contributed by atoms with Crippen LogP contribution in [0.5, 0.6) is 0 Å². The highest BCUT2D eigenvalue weighted by Gasteiger charge is 2.36. The number of anilines is 1. The number of urea groups is 1. The number of carbonyl (C=O) groups excluding carboxylic acids is 3. The molecule has 0 aromatic heterocycles. The minimum Gasteiger partial charge on any atom is -0.273 e. The number of nitrogens with one attached hydrogen (secondary N) is 1. The monoisotopic (exact) mass is 366 g/mol. The molecule has 0 saturated carbocycles. The molecule has 2 aromatic rings. The number of benzene rings is 2. The van der Waals surface area contributed by atoms with Gasteiger partial charge in [0.05, 0.1) is 5.69 Å². The van der Waals surface area contributed by atoms with Crippen molar-refractivity contribution in [2.45, 2.75) is 18.7 Å². The van der Waals surface area contributed by atoms with E-state index in [2.05, 4.69) is 5.32 Å². The molecule has 1 heterocycles. The van der Waals surface area contributed by atoms with Gasteiger partial charge in [-0.05, 0) is 67.1 Å². The fraction of sp³-hybridized carbons (Fsp3) is 0.150. The van der Waals surface area contributed by atoms with E-state index in [1.54, 1.807) is 23.9 Å². The van der Waals surface area contributed by atoms with Gasteiger partial charge in [0.1, 0.15) is 5.57 Å². The van der Waals surface area contributed by atoms with Gasteiger partial charge in [0, 0.05) is 4.90 Å². The Morgan fingerprint density at radius 1 is 0.962 bits per heavy atom. The average Bonchev–Trinajstić information content (AvgIpc) is 2.62. The molecule has 0 bridgehead atoms. The van der Waals surface area contributed by atoms with Gasteiger partial charge in [-0.1, -0.05) is 18.2 Å². The Kier molecular flexibility index (Phi) is 4.95. The van der Waals surface area contributed by atoms with Gasteiger partial charge < -0.3 is 0 Å². The van der Waals surface area contributed by atoms with Crippen molar-refractivity contribution in [3.05, 3.63) is 64.7 Å². The van der Waals surface area contributed by atoms with Crippen molar-refractivity contribution in [3.63, 3.8) is 0 Å². The van der Waals surface area contributed by atoms with Gasteiger partial charge in [-0.3, -0.25) is 14.9 Å². The highest BCUT2D eigenvalue weighted by molar-refractivity contribution is 7.98. The van der Waals surface area contributed by atoms with Gasteiger partial charge in [0.2, 0.25) is 0 Å². The molecule has 5 nitrogen and oxygen atoms in total. The summed E-state index contributed by atoms with van der Waals surface area (Å²) >= 11 is 1.61. The molecule has 0 spiro atoms. The van der Waals surface area contributed by atoms with E-state index in [9.17, 15) is 14.4 Å². The molecule has 3 rings (SSSR count). The lowest BCUT2D eigenvalue weighted by Crippen LogP contribution is -2.54. The van der Waals surface area contributed by atoms with Gasteiger partial charge in [-0.15, -0.1) is 11.8 Å². The van der Waals surface area contributed by atoms with Crippen molar-refractivity contribution >= 4 is 41.4 Å². The predicted octanol–water partition coefficient (Wildman–Crippen LogP) is 3.69. The first-order valence-corrected chi connectivity index (χ1v) is 9.26. The minimum atomic E-state index is -0.738. The molecule has 1 fully saturated rings. The Balaban J connectivity index is 1.99. The number of aryl methyl sites for hydroxylation is 2. The molecule has 1 saturated heterocycles. The lowest BCUT2D eigenvalue weighted by Gasteiger charge is -2.26. The van der Waals surface area contributed by atoms with Crippen LogP contribution in [-0.4, -0.2) is 24.1 Å². The Morgan fingerprint density at radius 2 is 1.65 bits per heavy atom. The van der Waals surface area contributed by atoms with Gasteiger partial charge in [0.25, 0.3) is 11.8 Å². The topological polar surface area (TPSA) is 66.5 Å². The lowest BCUT2D eigenvalue weighted by molar-refractivity contribution is -0.122. The summed E-state index contributed by atoms with van der Waals surface area (Å²) in [5.41, 5.74) is 3.10. The molecule has 0 atom stereocenters. The number of amides is 4. The van der Waals surface area contributed by atoms with Crippen molar-refractivity contribution in [1.29, 1.82) is 0 Å². The summed E-state index contributed by atoms with van der Waals surface area (Å²) in [4.78, 5) is 39.3. The van der Waals surface area contributed by atoms with Crippen LogP contribution in [-0.2, 0) is 9.59 Å². The van der Waals surface area contributed by atoms with Crippen LogP contribution < -0.4 is 10.2 Å². The molecule has 0 aliphatic carbocycles. The quantitative estimate of drug-likeness (QED) is 0.511. The molecule has 0 radical (unpaired) electrons. The highest BCUT2D eigenvalue weighted by Crippen LogP contribution is 2.24. The molecule has 1 aliphatic heterocycles. The van der Waals surface area contributed by atoms with Crippen LogP contribution in [0.1, 0.15) is 16.7 Å². The third-order valence-electron chi connectivity index (χ3n) is 4.28. The van der Waals surface area contributed by atoms with E-state index < -0.39 is 17.8 Å². The van der Waals surface area contributed by atoms with Crippen LogP contribution >= 0.6 is 11.8 Å². The van der Waals surface area contributed by atoms with Gasteiger partial charge in [-0.2, -0.15) is 0 Å². The zero-order valence-electron chi connectivity index (χ0n) is 14.7. The van der Waals surface area contributed by atoms with E-state index >= 15 is 0 Å². The number of rotatable bonds is 3. The minimum absolute atomic E-state index is 0.0697. The Labute approximate surface area is 156 Å². The molecule has 1 aliphatic rings. The number of hydrogen-bond donors (Lipinski definition) is 1. The molecular formula is C20H18N2O3S. The van der Waals surface area contributed by atoms with E-state index in [0.29, 0.717) is 5.69 Å². The third kappa shape index (κ3) is 3.41. The summed E-state index contributed by atoms with van der Waals surface area (Å²) in [5.74, 6) is -1.31. The smallest absolute Gasteiger partial charge is 0.273 e. The van der Waals surface area contributed by atoms with Crippen LogP contribution in [0.25, 0.3) is 6.08 Å². The lowest BCUT2D eigenvalue weighted by atomic mass is 10.1. The van der Waals surface area contributed by atoms with Crippen LogP contribution in [0.15, 0.2) is 52.9 Å². The third-order valence-corrected chi connectivity index (χ3v) is 5.02. The zero-order valence-corrected chi connectivity index (χ0v) is 15.5. The number of barbiturate groups is 1. The summed E-state index contributed by atoms with van der Waals surface area (Å²) in [5, 5.41) is 2.24. The Bertz CT molecular complexity index is 933. The normalized spacial score (nSPS) is 16.2. The number of carbonyl (C=O) groups is 3. The van der Waals surface area contributed by atoms with Gasteiger partial charge in [-0.25, -0.2) is 9.69 Å². The maximum absolute atomic E-state index is 12.8. The van der Waals surface area contributed by atoms with Crippen LogP contribution in [0.2, 0.25) is 0 Å². The molecule has 2 aromatic carbocycles. The van der Waals surface area contributed by atoms with E-state index in [1.165, 1.54) is 6.08 Å². The molecule has 4 amide bonds. The van der Waals surface area contributed by atoms with Gasteiger partial charge in [0.15, 0.2) is 0 Å². The van der Waals surface area contributed by atoms with Crippen molar-refractivity contribution < 1.29 is 14.4 Å². The summed E-state index contributed by atoms with van der Waals surface area (Å²) in [6.45, 7) is 3.85. The maximum atomic E-state index is 12.8. The van der Waals surface area contributed by atoms with Gasteiger partial charge >= 0.3 is 6.03 Å². The molecule has 132 valence electrons. The number of hydrogen-bond acceptors (Lipinski definition) is 4. The maximum Gasteiger partial charge on any atom is 0.335 e.